The summed E-state index contributed by atoms with van der Waals surface area (Å²) in [5, 5.41) is 0. The molecule has 0 bridgehead atoms. The molecule has 0 radical (unpaired) electrons. The molecule has 0 saturated heterocycles. The van der Waals surface area contributed by atoms with Crippen molar-refractivity contribution in [2.24, 2.45) is 0 Å². The van der Waals surface area contributed by atoms with Crippen LogP contribution in [0.15, 0.2) is 180 Å². The molecule has 8 aromatic rings. The topological polar surface area (TPSA) is 52.1 Å². The lowest BCUT2D eigenvalue weighted by molar-refractivity contribution is 0.558. The highest BCUT2D eigenvalue weighted by atomic mass is 16.3. The molecule has 0 N–H and O–H groups in total. The summed E-state index contributed by atoms with van der Waals surface area (Å²) in [6.07, 6.45) is 6.32. The predicted octanol–water partition coefficient (Wildman–Crippen LogP) is 10.7. The molecular weight excluding hydrogens is 576 g/mol. The van der Waals surface area contributed by atoms with E-state index >= 15 is 0 Å². The van der Waals surface area contributed by atoms with E-state index in [1.54, 1.807) is 12.5 Å². The van der Waals surface area contributed by atoms with Crippen LogP contribution in [0.4, 0.5) is 0 Å². The van der Waals surface area contributed by atoms with Crippen molar-refractivity contribution in [3.8, 4) is 55.9 Å². The van der Waals surface area contributed by atoms with E-state index in [9.17, 15) is 0 Å². The van der Waals surface area contributed by atoms with Crippen molar-refractivity contribution in [3.63, 3.8) is 0 Å². The maximum absolute atomic E-state index is 5.28. The Labute approximate surface area is 272 Å². The van der Waals surface area contributed by atoms with Gasteiger partial charge in [-0.1, -0.05) is 121 Å². The van der Waals surface area contributed by atoms with E-state index in [1.165, 1.54) is 46.2 Å². The molecule has 0 saturated carbocycles. The fourth-order valence-electron chi connectivity index (χ4n) is 7.27. The molecule has 2 heterocycles. The SMILES string of the molecule is c1ccc(C2(c3ccccc3)c3cc(-c4cccc(-c5cocn5)c4)ccc3-c3ccc(-c4cccc(-c5cocn5)c4)cc32)cc1. The van der Waals surface area contributed by atoms with Crippen molar-refractivity contribution in [3.05, 3.63) is 193 Å². The fraction of sp³-hybridized carbons (Fsp3) is 0.0233. The third-order valence-electron chi connectivity index (χ3n) is 9.40. The fourth-order valence-corrected chi connectivity index (χ4v) is 7.27. The van der Waals surface area contributed by atoms with Crippen molar-refractivity contribution < 1.29 is 8.83 Å². The molecule has 6 aromatic carbocycles. The lowest BCUT2D eigenvalue weighted by Crippen LogP contribution is -2.28. The second kappa shape index (κ2) is 11.0. The van der Waals surface area contributed by atoms with Crippen molar-refractivity contribution in [2.75, 3.05) is 0 Å². The Hall–Kier alpha value is -6.26. The number of aromatic nitrogens is 2. The number of nitrogens with zero attached hydrogens (tertiary/aromatic N) is 2. The second-order valence-electron chi connectivity index (χ2n) is 11.9. The maximum Gasteiger partial charge on any atom is 0.181 e. The average molecular weight is 605 g/mol. The monoisotopic (exact) mass is 604 g/mol. The molecule has 47 heavy (non-hydrogen) atoms. The summed E-state index contributed by atoms with van der Waals surface area (Å²) in [5.74, 6) is 0. The van der Waals surface area contributed by atoms with Gasteiger partial charge >= 0.3 is 0 Å². The molecule has 9 rings (SSSR count). The van der Waals surface area contributed by atoms with E-state index in [0.29, 0.717) is 0 Å². The van der Waals surface area contributed by atoms with E-state index < -0.39 is 5.41 Å². The Morgan fingerprint density at radius 2 is 0.809 bits per heavy atom. The Morgan fingerprint density at radius 3 is 1.23 bits per heavy atom. The van der Waals surface area contributed by atoms with E-state index in [-0.39, 0.29) is 0 Å². The summed E-state index contributed by atoms with van der Waals surface area (Å²) < 4.78 is 10.6. The summed E-state index contributed by atoms with van der Waals surface area (Å²) >= 11 is 0. The molecule has 1 aliphatic rings. The third-order valence-corrected chi connectivity index (χ3v) is 9.40. The number of rotatable bonds is 6. The van der Waals surface area contributed by atoms with Crippen LogP contribution in [0.5, 0.6) is 0 Å². The number of hydrogen-bond acceptors (Lipinski definition) is 4. The minimum absolute atomic E-state index is 0.535. The zero-order valence-electron chi connectivity index (χ0n) is 25.4. The smallest absolute Gasteiger partial charge is 0.181 e. The molecular formula is C43H28N2O2. The summed E-state index contributed by atoms with van der Waals surface area (Å²) in [4.78, 5) is 8.77. The van der Waals surface area contributed by atoms with E-state index in [4.69, 9.17) is 8.83 Å². The minimum Gasteiger partial charge on any atom is -0.451 e. The maximum atomic E-state index is 5.28. The Morgan fingerprint density at radius 1 is 0.383 bits per heavy atom. The molecule has 0 aliphatic heterocycles. The number of oxazole rings is 2. The number of benzene rings is 6. The molecule has 0 fully saturated rings. The van der Waals surface area contributed by atoms with Crippen LogP contribution in [-0.2, 0) is 5.41 Å². The van der Waals surface area contributed by atoms with Gasteiger partial charge in [0.2, 0.25) is 0 Å². The highest BCUT2D eigenvalue weighted by Crippen LogP contribution is 2.57. The van der Waals surface area contributed by atoms with Gasteiger partial charge in [-0.05, 0) is 79.9 Å². The van der Waals surface area contributed by atoms with Gasteiger partial charge in [0, 0.05) is 11.1 Å². The zero-order valence-corrected chi connectivity index (χ0v) is 25.4. The van der Waals surface area contributed by atoms with Crippen LogP contribution in [0.3, 0.4) is 0 Å². The highest BCUT2D eigenvalue weighted by molar-refractivity contribution is 5.90. The van der Waals surface area contributed by atoms with E-state index in [0.717, 1.165) is 44.8 Å². The van der Waals surface area contributed by atoms with Crippen LogP contribution in [0.2, 0.25) is 0 Å². The molecule has 0 unspecified atom stereocenters. The van der Waals surface area contributed by atoms with Gasteiger partial charge in [0.15, 0.2) is 12.8 Å². The summed E-state index contributed by atoms with van der Waals surface area (Å²) in [7, 11) is 0. The number of hydrogen-bond donors (Lipinski definition) is 0. The lowest BCUT2D eigenvalue weighted by atomic mass is 9.67. The second-order valence-corrected chi connectivity index (χ2v) is 11.9. The van der Waals surface area contributed by atoms with Crippen LogP contribution in [0, 0.1) is 0 Å². The average Bonchev–Trinajstić information content (AvgIpc) is 3.93. The van der Waals surface area contributed by atoms with Gasteiger partial charge in [0.1, 0.15) is 23.9 Å². The quantitative estimate of drug-likeness (QED) is 0.189. The normalized spacial score (nSPS) is 12.9. The van der Waals surface area contributed by atoms with Crippen LogP contribution in [0.25, 0.3) is 55.9 Å². The highest BCUT2D eigenvalue weighted by Gasteiger charge is 2.46. The van der Waals surface area contributed by atoms with Crippen LogP contribution >= 0.6 is 0 Å². The van der Waals surface area contributed by atoms with Gasteiger partial charge in [-0.3, -0.25) is 0 Å². The summed E-state index contributed by atoms with van der Waals surface area (Å²) in [6.45, 7) is 0. The van der Waals surface area contributed by atoms with Gasteiger partial charge < -0.3 is 8.83 Å². The first-order valence-corrected chi connectivity index (χ1v) is 15.7. The first kappa shape index (κ1) is 27.1. The molecule has 0 spiro atoms. The zero-order chi connectivity index (χ0) is 31.2. The molecule has 0 amide bonds. The van der Waals surface area contributed by atoms with Gasteiger partial charge in [0.25, 0.3) is 0 Å². The minimum atomic E-state index is -0.535. The van der Waals surface area contributed by atoms with Crippen molar-refractivity contribution >= 4 is 0 Å². The Bertz CT molecular complexity index is 2170. The van der Waals surface area contributed by atoms with Crippen molar-refractivity contribution in [2.45, 2.75) is 5.41 Å². The molecule has 4 heteroatoms. The molecule has 2 aromatic heterocycles. The van der Waals surface area contributed by atoms with Crippen molar-refractivity contribution in [1.29, 1.82) is 0 Å². The van der Waals surface area contributed by atoms with Gasteiger partial charge in [-0.25, -0.2) is 9.97 Å². The first-order valence-electron chi connectivity index (χ1n) is 15.7. The third kappa shape index (κ3) is 4.38. The Balaban J connectivity index is 1.29. The first-order chi connectivity index (χ1) is 23.3. The van der Waals surface area contributed by atoms with Gasteiger partial charge in [0.05, 0.1) is 5.41 Å². The largest absolute Gasteiger partial charge is 0.451 e. The van der Waals surface area contributed by atoms with Gasteiger partial charge in [-0.2, -0.15) is 0 Å². The lowest BCUT2D eigenvalue weighted by Gasteiger charge is -2.34. The van der Waals surface area contributed by atoms with Crippen molar-refractivity contribution in [1.82, 2.24) is 9.97 Å². The molecule has 222 valence electrons. The van der Waals surface area contributed by atoms with E-state index in [2.05, 4.69) is 156 Å². The molecule has 4 nitrogen and oxygen atoms in total. The standard InChI is InChI=1S/C43H28N2O2/c1-3-13-35(14-4-1)43(36-15-5-2-6-16-36)39-23-31(29-9-7-11-33(21-29)41-25-46-27-44-41)17-19-37(39)38-20-18-32(24-40(38)43)30-10-8-12-34(22-30)42-26-47-28-45-42/h1-28H. The summed E-state index contributed by atoms with van der Waals surface area (Å²) in [5.41, 5.74) is 15.2. The number of fused-ring (bicyclic) bond motifs is 3. The predicted molar refractivity (Wildman–Crippen MR) is 186 cm³/mol. The van der Waals surface area contributed by atoms with Crippen LogP contribution in [0.1, 0.15) is 22.3 Å². The summed E-state index contributed by atoms with van der Waals surface area (Å²) in [6, 6.07) is 52.7. The molecule has 1 aliphatic carbocycles. The van der Waals surface area contributed by atoms with E-state index in [1.807, 2.05) is 0 Å². The van der Waals surface area contributed by atoms with Crippen LogP contribution in [-0.4, -0.2) is 9.97 Å². The molecule has 0 atom stereocenters. The van der Waals surface area contributed by atoms with Gasteiger partial charge in [-0.15, -0.1) is 0 Å². The van der Waals surface area contributed by atoms with Crippen LogP contribution < -0.4 is 0 Å². The Kier molecular flexibility index (Phi) is 6.32.